The van der Waals surface area contributed by atoms with Crippen molar-refractivity contribution < 1.29 is 0 Å². The van der Waals surface area contributed by atoms with Crippen LogP contribution in [-0.4, -0.2) is 9.13 Å². The molecule has 0 N–H and O–H groups in total. The molecule has 4 heteroatoms. The number of aromatic nitrogens is 2. The van der Waals surface area contributed by atoms with Crippen LogP contribution in [0.15, 0.2) is 310 Å². The minimum Gasteiger partial charge on any atom is -0.316 e. The Morgan fingerprint density at radius 3 is 1.10 bits per heavy atom. The summed E-state index contributed by atoms with van der Waals surface area (Å²) < 4.78 is 4.80. The lowest BCUT2D eigenvalue weighted by Crippen LogP contribution is -2.19. The number of fused-ring (bicyclic) bond motifs is 16. The molecule has 0 spiro atoms. The van der Waals surface area contributed by atoms with Crippen LogP contribution in [0.5, 0.6) is 0 Å². The predicted octanol–water partition coefficient (Wildman–Crippen LogP) is 25.5. The molecule has 13 aromatic carbocycles. The molecule has 480 valence electrons. The van der Waals surface area contributed by atoms with Crippen LogP contribution >= 0.6 is 0 Å². The normalized spacial score (nSPS) is 15.0. The van der Waals surface area contributed by atoms with Crippen LogP contribution in [0.4, 0.5) is 28.4 Å². The first-order chi connectivity index (χ1) is 48.6. The highest BCUT2D eigenvalue weighted by atomic mass is 15.2. The molecule has 4 aliphatic rings. The van der Waals surface area contributed by atoms with Gasteiger partial charge < -0.3 is 18.9 Å². The molecule has 100 heavy (non-hydrogen) atoms. The second-order valence-electron chi connectivity index (χ2n) is 30.2. The number of allylic oxidation sites excluding steroid dienone is 1. The van der Waals surface area contributed by atoms with Gasteiger partial charge in [-0.3, -0.25) is 0 Å². The number of hydrogen-bond acceptors (Lipinski definition) is 2. The summed E-state index contributed by atoms with van der Waals surface area (Å²) in [5, 5.41) is 3.50. The molecule has 4 aliphatic carbocycles. The van der Waals surface area contributed by atoms with Crippen molar-refractivity contribution in [2.24, 2.45) is 0 Å². The molecule has 19 rings (SSSR count). The Balaban J connectivity index is 0.789. The molecule has 2 aromatic heterocycles. The first-order valence-corrected chi connectivity index (χ1v) is 35.3. The Morgan fingerprint density at radius 2 is 0.650 bits per heavy atom. The molecule has 2 heterocycles. The largest absolute Gasteiger partial charge is 0.316 e. The van der Waals surface area contributed by atoms with Gasteiger partial charge in [-0.05, 0) is 228 Å². The van der Waals surface area contributed by atoms with Gasteiger partial charge in [-0.1, -0.05) is 232 Å². The van der Waals surface area contributed by atoms with E-state index in [1.165, 1.54) is 99.8 Å². The van der Waals surface area contributed by atoms with Crippen molar-refractivity contribution in [3.05, 3.63) is 360 Å². The number of nitrogens with zero attached hydrogens (tertiary/aromatic N) is 4. The third kappa shape index (κ3) is 8.65. The lowest BCUT2D eigenvalue weighted by atomic mass is 9.82. The van der Waals surface area contributed by atoms with Gasteiger partial charge >= 0.3 is 0 Å². The molecule has 0 saturated carbocycles. The summed E-state index contributed by atoms with van der Waals surface area (Å²) in [6.45, 7) is 23.7. The van der Waals surface area contributed by atoms with Crippen molar-refractivity contribution in [3.63, 3.8) is 0 Å². The van der Waals surface area contributed by atoms with E-state index in [0.29, 0.717) is 0 Å². The Kier molecular flexibility index (Phi) is 12.9. The third-order valence-corrected chi connectivity index (χ3v) is 23.3. The Bertz CT molecular complexity index is 5790. The molecule has 0 radical (unpaired) electrons. The Labute approximate surface area is 586 Å². The standard InChI is InChI=1S/C96H76N4/c1-10-63(98(67-39-44-75-71-29-17-21-33-82(71)93(2,3)86(75)55-67)68-40-45-76-72-30-18-22-34-83(72)94(4,5)87(76)56-68)51-62-59-97(64-25-13-11-14-26-64)90-48-37-60(52-79(62)90)61-38-49-91-80(53-61)81-54-66(43-50-92(81)100(91)65-27-15-12-16-28-65)99(69-41-46-77-73-31-19-23-35-84(73)95(6,7)88(77)57-69)70-42-47-78-74-32-20-24-36-85(74)96(8,9)89(78)58-70/h10-59H,1H2,2-9H3/b63-51+. The quantitative estimate of drug-likeness (QED) is 0.120. The number of benzene rings is 13. The fraction of sp³-hybridized carbons (Fsp3) is 0.125. The summed E-state index contributed by atoms with van der Waals surface area (Å²) in [4.78, 5) is 4.96. The van der Waals surface area contributed by atoms with Crippen LogP contribution in [0.1, 0.15) is 105 Å². The molecule has 0 saturated heterocycles. The van der Waals surface area contributed by atoms with Crippen molar-refractivity contribution in [2.75, 3.05) is 9.80 Å². The minimum absolute atomic E-state index is 0.181. The fourth-order valence-electron chi connectivity index (χ4n) is 18.1. The summed E-state index contributed by atoms with van der Waals surface area (Å²) in [5.41, 5.74) is 36.0. The van der Waals surface area contributed by atoms with Crippen LogP contribution in [0.25, 0.3) is 106 Å². The van der Waals surface area contributed by atoms with Gasteiger partial charge in [0.05, 0.1) is 16.6 Å². The average molecular weight is 1290 g/mol. The molecule has 0 fully saturated rings. The molecule has 0 aliphatic heterocycles. The van der Waals surface area contributed by atoms with Crippen molar-refractivity contribution in [1.29, 1.82) is 0 Å². The Morgan fingerprint density at radius 1 is 0.310 bits per heavy atom. The van der Waals surface area contributed by atoms with E-state index in [2.05, 4.69) is 384 Å². The summed E-state index contributed by atoms with van der Waals surface area (Å²) in [5.74, 6) is 0. The maximum absolute atomic E-state index is 4.67. The van der Waals surface area contributed by atoms with E-state index in [0.717, 1.165) is 84.1 Å². The van der Waals surface area contributed by atoms with Gasteiger partial charge in [0, 0.05) is 95.1 Å². The van der Waals surface area contributed by atoms with E-state index in [4.69, 9.17) is 0 Å². The highest BCUT2D eigenvalue weighted by Crippen LogP contribution is 2.56. The summed E-state index contributed by atoms with van der Waals surface area (Å²) >= 11 is 0. The molecular weight excluding hydrogens is 1210 g/mol. The smallest absolute Gasteiger partial charge is 0.0542 e. The van der Waals surface area contributed by atoms with Crippen molar-refractivity contribution in [2.45, 2.75) is 77.0 Å². The summed E-state index contributed by atoms with van der Waals surface area (Å²) in [7, 11) is 0. The van der Waals surface area contributed by atoms with E-state index in [1.54, 1.807) is 0 Å². The maximum Gasteiger partial charge on any atom is 0.0542 e. The van der Waals surface area contributed by atoms with Crippen molar-refractivity contribution in [1.82, 2.24) is 9.13 Å². The van der Waals surface area contributed by atoms with Crippen LogP contribution in [0, 0.1) is 0 Å². The molecule has 0 unspecified atom stereocenters. The number of rotatable bonds is 11. The van der Waals surface area contributed by atoms with Crippen molar-refractivity contribution in [3.8, 4) is 67.0 Å². The second kappa shape index (κ2) is 21.6. The van der Waals surface area contributed by atoms with Gasteiger partial charge in [-0.25, -0.2) is 0 Å². The summed E-state index contributed by atoms with van der Waals surface area (Å²) in [6.07, 6.45) is 6.74. The number of para-hydroxylation sites is 2. The lowest BCUT2D eigenvalue weighted by Gasteiger charge is -2.30. The lowest BCUT2D eigenvalue weighted by molar-refractivity contribution is 0.659. The van der Waals surface area contributed by atoms with Gasteiger partial charge in [0.2, 0.25) is 0 Å². The predicted molar refractivity (Wildman–Crippen MR) is 421 cm³/mol. The molecule has 0 atom stereocenters. The highest BCUT2D eigenvalue weighted by Gasteiger charge is 2.41. The van der Waals surface area contributed by atoms with Gasteiger partial charge in [-0.15, -0.1) is 0 Å². The second-order valence-corrected chi connectivity index (χ2v) is 30.2. The number of anilines is 5. The minimum atomic E-state index is -0.197. The third-order valence-electron chi connectivity index (χ3n) is 23.3. The van der Waals surface area contributed by atoms with E-state index in [1.807, 2.05) is 0 Å². The maximum atomic E-state index is 4.67. The van der Waals surface area contributed by atoms with E-state index in [9.17, 15) is 0 Å². The molecule has 0 bridgehead atoms. The first-order valence-electron chi connectivity index (χ1n) is 35.3. The van der Waals surface area contributed by atoms with Gasteiger partial charge in [0.25, 0.3) is 0 Å². The van der Waals surface area contributed by atoms with Crippen LogP contribution in [0.2, 0.25) is 0 Å². The van der Waals surface area contributed by atoms with Gasteiger partial charge in [-0.2, -0.15) is 0 Å². The van der Waals surface area contributed by atoms with E-state index in [-0.39, 0.29) is 21.7 Å². The van der Waals surface area contributed by atoms with E-state index < -0.39 is 0 Å². The molecular formula is C96H76N4. The zero-order chi connectivity index (χ0) is 67.7. The average Bonchev–Trinajstić information content (AvgIpc) is 1.70. The molecule has 15 aromatic rings. The number of hydrogen-bond donors (Lipinski definition) is 0. The van der Waals surface area contributed by atoms with Crippen LogP contribution in [0.3, 0.4) is 0 Å². The van der Waals surface area contributed by atoms with Crippen LogP contribution in [-0.2, 0) is 21.7 Å². The van der Waals surface area contributed by atoms with E-state index >= 15 is 0 Å². The fourth-order valence-corrected chi connectivity index (χ4v) is 18.1. The zero-order valence-electron chi connectivity index (χ0n) is 57.9. The monoisotopic (exact) mass is 1280 g/mol. The highest BCUT2D eigenvalue weighted by molar-refractivity contribution is 6.12. The molecule has 0 amide bonds. The first kappa shape index (κ1) is 59.5. The Hall–Kier alpha value is -11.7. The van der Waals surface area contributed by atoms with Crippen LogP contribution < -0.4 is 9.80 Å². The van der Waals surface area contributed by atoms with Crippen molar-refractivity contribution >= 4 is 67.2 Å². The molecule has 4 nitrogen and oxygen atoms in total. The summed E-state index contributed by atoms with van der Waals surface area (Å²) in [6, 6.07) is 107. The van der Waals surface area contributed by atoms with Gasteiger partial charge in [0.15, 0.2) is 0 Å². The topological polar surface area (TPSA) is 16.3 Å². The zero-order valence-corrected chi connectivity index (χ0v) is 57.9. The SMILES string of the molecule is C=C/C(=C\c1cn(-c2ccccc2)c2ccc(-c3ccc4c(c3)c3cc(N(c5ccc6c(c5)C(C)(C)c5ccccc5-6)c5ccc6c(c5)C(C)(C)c5ccccc5-6)ccc3n4-c3ccccc3)cc12)N(c1ccc2c(c1)C(C)(C)c1ccccc1-2)c1ccc2c(c1)C(C)(C)c1ccccc1-2. The van der Waals surface area contributed by atoms with Gasteiger partial charge in [0.1, 0.15) is 0 Å².